The third kappa shape index (κ3) is 9.96. The average molecular weight is 526 g/mol. The molecular formula is C25H39N3O7S. The molecule has 1 aromatic rings. The van der Waals surface area contributed by atoms with Crippen LogP contribution in [0.4, 0.5) is 4.79 Å². The summed E-state index contributed by atoms with van der Waals surface area (Å²) in [7, 11) is 1.21. The number of ether oxygens (including phenoxy) is 2. The monoisotopic (exact) mass is 525 g/mol. The standard InChI is InChI=1S/C25H39N3O7S/c1-8-16(2)28(23(32)19(13-14-36-7)27-24(33)35-25(3,4)5)21(17-9-11-18(29)12-10-17)22(31)26-15-20(30)34-6/h9-12,16,19,21,29H,8,13-15H2,1-7H3,(H,26,31)(H,27,33). The van der Waals surface area contributed by atoms with Crippen LogP contribution >= 0.6 is 11.8 Å². The SMILES string of the molecule is CCC(C)N(C(=O)C(CCSC)NC(=O)OC(C)(C)C)C(C(=O)NCC(=O)OC)c1ccc(O)cc1. The van der Waals surface area contributed by atoms with Crippen molar-refractivity contribution in [3.05, 3.63) is 29.8 Å². The van der Waals surface area contributed by atoms with Gasteiger partial charge in [0, 0.05) is 6.04 Å². The van der Waals surface area contributed by atoms with E-state index in [0.717, 1.165) is 0 Å². The molecule has 0 spiro atoms. The molecule has 3 unspecified atom stereocenters. The van der Waals surface area contributed by atoms with Gasteiger partial charge in [0.25, 0.3) is 0 Å². The van der Waals surface area contributed by atoms with Crippen molar-refractivity contribution in [3.63, 3.8) is 0 Å². The lowest BCUT2D eigenvalue weighted by molar-refractivity contribution is -0.146. The van der Waals surface area contributed by atoms with Gasteiger partial charge in [0.2, 0.25) is 11.8 Å². The van der Waals surface area contributed by atoms with Crippen molar-refractivity contribution in [2.45, 2.75) is 71.2 Å². The normalized spacial score (nSPS) is 13.6. The quantitative estimate of drug-likeness (QED) is 0.355. The molecule has 0 saturated carbocycles. The van der Waals surface area contributed by atoms with Gasteiger partial charge in [-0.3, -0.25) is 14.4 Å². The number of nitrogens with zero attached hydrogens (tertiary/aromatic N) is 1. The lowest BCUT2D eigenvalue weighted by Crippen LogP contribution is -2.55. The number of benzene rings is 1. The largest absolute Gasteiger partial charge is 0.508 e. The van der Waals surface area contributed by atoms with Crippen LogP contribution in [-0.4, -0.2) is 77.2 Å². The molecule has 0 radical (unpaired) electrons. The van der Waals surface area contributed by atoms with Crippen LogP contribution in [0.25, 0.3) is 0 Å². The number of nitrogens with one attached hydrogen (secondary N) is 2. The molecule has 1 rings (SSSR count). The summed E-state index contributed by atoms with van der Waals surface area (Å²) in [5, 5.41) is 15.0. The Morgan fingerprint density at radius 2 is 1.75 bits per heavy atom. The second kappa shape index (κ2) is 14.6. The molecule has 3 atom stereocenters. The summed E-state index contributed by atoms with van der Waals surface area (Å²) in [5.74, 6) is -1.12. The first kappa shape index (κ1) is 31.1. The van der Waals surface area contributed by atoms with Crippen LogP contribution < -0.4 is 10.6 Å². The van der Waals surface area contributed by atoms with Gasteiger partial charge in [-0.05, 0) is 70.2 Å². The van der Waals surface area contributed by atoms with Gasteiger partial charge in [-0.15, -0.1) is 0 Å². The van der Waals surface area contributed by atoms with Crippen LogP contribution in [-0.2, 0) is 23.9 Å². The maximum Gasteiger partial charge on any atom is 0.408 e. The molecule has 0 aliphatic rings. The number of amides is 3. The number of thioether (sulfide) groups is 1. The highest BCUT2D eigenvalue weighted by Crippen LogP contribution is 2.28. The first-order chi connectivity index (χ1) is 16.8. The second-order valence-corrected chi connectivity index (χ2v) is 10.3. The lowest BCUT2D eigenvalue weighted by Gasteiger charge is -2.38. The number of carbonyl (C=O) groups is 4. The predicted octanol–water partition coefficient (Wildman–Crippen LogP) is 3.00. The number of phenols is 1. The Kier molecular flexibility index (Phi) is 12.6. The highest BCUT2D eigenvalue weighted by molar-refractivity contribution is 7.98. The van der Waals surface area contributed by atoms with Gasteiger partial charge >= 0.3 is 12.1 Å². The first-order valence-electron chi connectivity index (χ1n) is 11.8. The van der Waals surface area contributed by atoms with E-state index in [-0.39, 0.29) is 12.3 Å². The van der Waals surface area contributed by atoms with Gasteiger partial charge in [-0.2, -0.15) is 11.8 Å². The average Bonchev–Trinajstić information content (AvgIpc) is 2.81. The molecule has 0 aliphatic heterocycles. The maximum absolute atomic E-state index is 14.0. The van der Waals surface area contributed by atoms with Crippen molar-refractivity contribution in [1.29, 1.82) is 0 Å². The predicted molar refractivity (Wildman–Crippen MR) is 139 cm³/mol. The molecular weight excluding hydrogens is 486 g/mol. The van der Waals surface area contributed by atoms with Gasteiger partial charge in [0.1, 0.15) is 30.0 Å². The Morgan fingerprint density at radius 3 is 2.25 bits per heavy atom. The Labute approximate surface area is 217 Å². The van der Waals surface area contributed by atoms with Crippen LogP contribution in [0.2, 0.25) is 0 Å². The fourth-order valence-electron chi connectivity index (χ4n) is 3.34. The molecule has 36 heavy (non-hydrogen) atoms. The number of esters is 1. The number of aromatic hydroxyl groups is 1. The van der Waals surface area contributed by atoms with Crippen LogP contribution in [0.1, 0.15) is 59.1 Å². The minimum absolute atomic E-state index is 0.00155. The Morgan fingerprint density at radius 1 is 1.14 bits per heavy atom. The van der Waals surface area contributed by atoms with Crippen molar-refractivity contribution in [3.8, 4) is 5.75 Å². The van der Waals surface area contributed by atoms with Crippen molar-refractivity contribution in [1.82, 2.24) is 15.5 Å². The van der Waals surface area contributed by atoms with Crippen molar-refractivity contribution in [2.75, 3.05) is 25.7 Å². The molecule has 0 aromatic heterocycles. The van der Waals surface area contributed by atoms with Gasteiger partial charge in [-0.25, -0.2) is 4.79 Å². The van der Waals surface area contributed by atoms with E-state index in [1.807, 2.05) is 13.2 Å². The second-order valence-electron chi connectivity index (χ2n) is 9.27. The number of methoxy groups -OCH3 is 1. The summed E-state index contributed by atoms with van der Waals surface area (Å²) in [6, 6.07) is 3.43. The van der Waals surface area contributed by atoms with E-state index in [1.54, 1.807) is 39.8 Å². The summed E-state index contributed by atoms with van der Waals surface area (Å²) >= 11 is 1.52. The minimum atomic E-state index is -1.13. The first-order valence-corrected chi connectivity index (χ1v) is 13.2. The van der Waals surface area contributed by atoms with Crippen LogP contribution in [0, 0.1) is 0 Å². The number of phenolic OH excluding ortho intramolecular Hbond substituents is 1. The van der Waals surface area contributed by atoms with E-state index in [0.29, 0.717) is 24.2 Å². The number of hydrogen-bond acceptors (Lipinski definition) is 8. The number of carbonyl (C=O) groups excluding carboxylic acids is 4. The van der Waals surface area contributed by atoms with Crippen molar-refractivity contribution in [2.24, 2.45) is 0 Å². The smallest absolute Gasteiger partial charge is 0.408 e. The van der Waals surface area contributed by atoms with E-state index >= 15 is 0 Å². The third-order valence-electron chi connectivity index (χ3n) is 5.29. The zero-order valence-corrected chi connectivity index (χ0v) is 22.9. The lowest BCUT2D eigenvalue weighted by atomic mass is 9.99. The van der Waals surface area contributed by atoms with Crippen LogP contribution in [0.3, 0.4) is 0 Å². The Hall–Kier alpha value is -2.95. The molecule has 11 heteroatoms. The van der Waals surface area contributed by atoms with E-state index in [1.165, 1.54) is 35.9 Å². The summed E-state index contributed by atoms with van der Waals surface area (Å²) in [6.07, 6.45) is 1.99. The zero-order chi connectivity index (χ0) is 27.5. The van der Waals surface area contributed by atoms with E-state index in [9.17, 15) is 24.3 Å². The Balaban J connectivity index is 3.46. The van der Waals surface area contributed by atoms with E-state index in [2.05, 4.69) is 15.4 Å². The molecule has 0 heterocycles. The minimum Gasteiger partial charge on any atom is -0.508 e. The van der Waals surface area contributed by atoms with Crippen LogP contribution in [0.5, 0.6) is 5.75 Å². The van der Waals surface area contributed by atoms with Crippen molar-refractivity contribution >= 4 is 35.6 Å². The highest BCUT2D eigenvalue weighted by Gasteiger charge is 2.38. The molecule has 1 aromatic carbocycles. The fourth-order valence-corrected chi connectivity index (χ4v) is 3.81. The summed E-state index contributed by atoms with van der Waals surface area (Å²) in [5.41, 5.74) is -0.319. The van der Waals surface area contributed by atoms with E-state index in [4.69, 9.17) is 4.74 Å². The molecule has 0 bridgehead atoms. The number of alkyl carbamates (subject to hydrolysis) is 1. The summed E-state index contributed by atoms with van der Waals surface area (Å²) < 4.78 is 9.98. The van der Waals surface area contributed by atoms with E-state index < -0.39 is 47.6 Å². The van der Waals surface area contributed by atoms with Gasteiger partial charge in [0.05, 0.1) is 7.11 Å². The summed E-state index contributed by atoms with van der Waals surface area (Å²) in [4.78, 5) is 53.0. The Bertz CT molecular complexity index is 887. The molecule has 202 valence electrons. The van der Waals surface area contributed by atoms with Gasteiger partial charge < -0.3 is 30.1 Å². The fraction of sp³-hybridized carbons (Fsp3) is 0.600. The molecule has 3 N–H and O–H groups in total. The topological polar surface area (TPSA) is 134 Å². The van der Waals surface area contributed by atoms with Crippen LogP contribution in [0.15, 0.2) is 24.3 Å². The highest BCUT2D eigenvalue weighted by atomic mass is 32.2. The molecule has 3 amide bonds. The maximum atomic E-state index is 14.0. The number of hydrogen-bond donors (Lipinski definition) is 3. The van der Waals surface area contributed by atoms with Gasteiger partial charge in [-0.1, -0.05) is 19.1 Å². The zero-order valence-electron chi connectivity index (χ0n) is 22.1. The van der Waals surface area contributed by atoms with Crippen molar-refractivity contribution < 1.29 is 33.8 Å². The molecule has 0 aliphatic carbocycles. The number of rotatable bonds is 12. The summed E-state index contributed by atoms with van der Waals surface area (Å²) in [6.45, 7) is 8.48. The molecule has 0 fully saturated rings. The van der Waals surface area contributed by atoms with Gasteiger partial charge in [0.15, 0.2) is 0 Å². The molecule has 10 nitrogen and oxygen atoms in total. The third-order valence-corrected chi connectivity index (χ3v) is 5.93. The molecule has 0 saturated heterocycles.